The maximum atomic E-state index is 12.6. The number of aliphatic carboxylic acids is 1. The van der Waals surface area contributed by atoms with Crippen molar-refractivity contribution < 1.29 is 28.2 Å². The van der Waals surface area contributed by atoms with Gasteiger partial charge in [-0.3, -0.25) is 15.3 Å². The van der Waals surface area contributed by atoms with E-state index in [1.165, 1.54) is 18.1 Å². The van der Waals surface area contributed by atoms with Crippen molar-refractivity contribution in [3.63, 3.8) is 0 Å². The minimum atomic E-state index is -4.51. The number of nitrogens with zero attached hydrogens (tertiary/aromatic N) is 3. The van der Waals surface area contributed by atoms with Gasteiger partial charge in [0.2, 0.25) is 0 Å². The van der Waals surface area contributed by atoms with E-state index in [9.17, 15) is 28.2 Å². The zero-order valence-electron chi connectivity index (χ0n) is 16.4. The van der Waals surface area contributed by atoms with E-state index in [1.807, 2.05) is 6.92 Å². The summed E-state index contributed by atoms with van der Waals surface area (Å²) < 4.78 is 37.8. The number of piperidine rings is 1. The number of nitrogens with one attached hydrogen (secondary N) is 2. The summed E-state index contributed by atoms with van der Waals surface area (Å²) >= 11 is 0. The zero-order valence-corrected chi connectivity index (χ0v) is 16.4. The highest BCUT2D eigenvalue weighted by Crippen LogP contribution is 2.27. The second-order valence-electron chi connectivity index (χ2n) is 7.19. The third-order valence-corrected chi connectivity index (χ3v) is 4.68. The van der Waals surface area contributed by atoms with Gasteiger partial charge in [0.05, 0.1) is 0 Å². The normalized spacial score (nSPS) is 23.6. The van der Waals surface area contributed by atoms with Crippen LogP contribution in [0.2, 0.25) is 0 Å². The fourth-order valence-corrected chi connectivity index (χ4v) is 3.10. The SMILES string of the molecule is CC(NC[C@@H](C(=O)O)N(C)/N=C1\CC(O)N[C@H](C)C1)c1ccc(C(F)(F)F)nc1. The van der Waals surface area contributed by atoms with E-state index in [1.54, 1.807) is 6.92 Å². The summed E-state index contributed by atoms with van der Waals surface area (Å²) in [5, 5.41) is 30.9. The molecule has 2 rings (SSSR count). The Morgan fingerprint density at radius 2 is 2.14 bits per heavy atom. The minimum Gasteiger partial charge on any atom is -0.480 e. The molecule has 0 radical (unpaired) electrons. The summed E-state index contributed by atoms with van der Waals surface area (Å²) in [5.41, 5.74) is 0.217. The lowest BCUT2D eigenvalue weighted by Crippen LogP contribution is -2.47. The first-order valence-corrected chi connectivity index (χ1v) is 9.20. The van der Waals surface area contributed by atoms with Crippen LogP contribution in [-0.4, -0.2) is 63.8 Å². The maximum Gasteiger partial charge on any atom is 0.433 e. The van der Waals surface area contributed by atoms with Gasteiger partial charge in [0.1, 0.15) is 11.9 Å². The predicted octanol–water partition coefficient (Wildman–Crippen LogP) is 1.58. The van der Waals surface area contributed by atoms with Gasteiger partial charge < -0.3 is 15.5 Å². The molecule has 1 aromatic heterocycles. The molecular formula is C18H26F3N5O3. The number of aliphatic hydroxyl groups is 1. The Balaban J connectivity index is 2.00. The van der Waals surface area contributed by atoms with Crippen molar-refractivity contribution in [3.05, 3.63) is 29.6 Å². The van der Waals surface area contributed by atoms with Crippen molar-refractivity contribution >= 4 is 11.7 Å². The van der Waals surface area contributed by atoms with Gasteiger partial charge in [-0.15, -0.1) is 0 Å². The van der Waals surface area contributed by atoms with Crippen LogP contribution in [0.3, 0.4) is 0 Å². The van der Waals surface area contributed by atoms with Crippen LogP contribution < -0.4 is 10.6 Å². The second kappa shape index (κ2) is 9.51. The highest BCUT2D eigenvalue weighted by Gasteiger charge is 2.32. The van der Waals surface area contributed by atoms with Crippen LogP contribution in [-0.2, 0) is 11.0 Å². The van der Waals surface area contributed by atoms with Crippen LogP contribution in [0.15, 0.2) is 23.4 Å². The molecule has 1 saturated heterocycles. The Kier molecular flexibility index (Phi) is 7.55. The molecule has 8 nitrogen and oxygen atoms in total. The van der Waals surface area contributed by atoms with Crippen LogP contribution in [0, 0.1) is 0 Å². The fraction of sp³-hybridized carbons (Fsp3) is 0.611. The van der Waals surface area contributed by atoms with Gasteiger partial charge in [-0.2, -0.15) is 18.3 Å². The fourth-order valence-electron chi connectivity index (χ4n) is 3.10. The molecule has 1 aliphatic heterocycles. The Hall–Kier alpha value is -2.24. The third-order valence-electron chi connectivity index (χ3n) is 4.68. The lowest BCUT2D eigenvalue weighted by molar-refractivity contribution is -0.143. The number of rotatable bonds is 7. The standard InChI is InChI=1S/C18H26F3N5O3/c1-10-6-13(7-16(27)24-10)25-26(3)14(17(28)29)9-22-11(2)12-4-5-15(23-8-12)18(19,20)21/h4-5,8,10-11,14,16,22,24,27H,6-7,9H2,1-3H3,(H,28,29)/b25-13-/t10-,11?,14+,16?/m1/s1. The molecule has 0 saturated carbocycles. The molecule has 0 aliphatic carbocycles. The number of carboxylic acid groups (broad SMARTS) is 1. The number of aliphatic hydroxyl groups excluding tert-OH is 1. The molecule has 11 heteroatoms. The quantitative estimate of drug-likeness (QED) is 0.499. The molecule has 162 valence electrons. The van der Waals surface area contributed by atoms with Crippen molar-refractivity contribution in [2.75, 3.05) is 13.6 Å². The smallest absolute Gasteiger partial charge is 0.433 e. The van der Waals surface area contributed by atoms with Crippen molar-refractivity contribution in [3.8, 4) is 0 Å². The summed E-state index contributed by atoms with van der Waals surface area (Å²) in [7, 11) is 1.54. The number of pyridine rings is 1. The van der Waals surface area contributed by atoms with Crippen molar-refractivity contribution in [1.82, 2.24) is 20.6 Å². The molecule has 4 N–H and O–H groups in total. The van der Waals surface area contributed by atoms with E-state index in [0.717, 1.165) is 12.3 Å². The molecule has 2 unspecified atom stereocenters. The van der Waals surface area contributed by atoms with Crippen molar-refractivity contribution in [2.24, 2.45) is 5.10 Å². The van der Waals surface area contributed by atoms with Gasteiger partial charge in [0.25, 0.3) is 0 Å². The summed E-state index contributed by atoms with van der Waals surface area (Å²) in [6.07, 6.45) is -3.21. The van der Waals surface area contributed by atoms with Crippen LogP contribution in [0.25, 0.3) is 0 Å². The van der Waals surface area contributed by atoms with E-state index < -0.39 is 36.2 Å². The van der Waals surface area contributed by atoms with Crippen molar-refractivity contribution in [2.45, 2.75) is 57.2 Å². The molecule has 0 aromatic carbocycles. The van der Waals surface area contributed by atoms with E-state index in [2.05, 4.69) is 20.7 Å². The topological polar surface area (TPSA) is 110 Å². The summed E-state index contributed by atoms with van der Waals surface area (Å²) in [4.78, 5) is 15.1. The molecule has 1 aromatic rings. The van der Waals surface area contributed by atoms with Gasteiger partial charge in [0, 0.05) is 50.4 Å². The minimum absolute atomic E-state index is 0.0150. The van der Waals surface area contributed by atoms with E-state index >= 15 is 0 Å². The Labute approximate surface area is 166 Å². The third kappa shape index (κ3) is 6.65. The molecule has 29 heavy (non-hydrogen) atoms. The maximum absolute atomic E-state index is 12.6. The second-order valence-corrected chi connectivity index (χ2v) is 7.19. The van der Waals surface area contributed by atoms with E-state index in [-0.39, 0.29) is 12.6 Å². The number of carboxylic acids is 1. The highest BCUT2D eigenvalue weighted by molar-refractivity contribution is 5.86. The lowest BCUT2D eigenvalue weighted by atomic mass is 10.0. The highest BCUT2D eigenvalue weighted by atomic mass is 19.4. The Bertz CT molecular complexity index is 714. The first-order chi connectivity index (χ1) is 13.5. The van der Waals surface area contributed by atoms with Gasteiger partial charge in [-0.1, -0.05) is 6.07 Å². The zero-order chi connectivity index (χ0) is 21.8. The molecule has 1 aliphatic rings. The molecular weight excluding hydrogens is 391 g/mol. The summed E-state index contributed by atoms with van der Waals surface area (Å²) in [6.45, 7) is 3.62. The number of alkyl halides is 3. The van der Waals surface area contributed by atoms with Crippen molar-refractivity contribution in [1.29, 1.82) is 0 Å². The van der Waals surface area contributed by atoms with Crippen LogP contribution in [0.4, 0.5) is 13.2 Å². The molecule has 0 spiro atoms. The van der Waals surface area contributed by atoms with Gasteiger partial charge in [0.15, 0.2) is 6.04 Å². The monoisotopic (exact) mass is 417 g/mol. The number of carbonyl (C=O) groups is 1. The van der Waals surface area contributed by atoms with E-state index in [0.29, 0.717) is 24.1 Å². The van der Waals surface area contributed by atoms with Gasteiger partial charge in [-0.05, 0) is 25.5 Å². The average Bonchev–Trinajstić information content (AvgIpc) is 2.59. The summed E-state index contributed by atoms with van der Waals surface area (Å²) in [5.74, 6) is -1.09. The number of hydrogen-bond acceptors (Lipinski definition) is 7. The first kappa shape index (κ1) is 23.0. The van der Waals surface area contributed by atoms with Gasteiger partial charge in [-0.25, -0.2) is 4.79 Å². The average molecular weight is 417 g/mol. The number of hydrogen-bond donors (Lipinski definition) is 4. The largest absolute Gasteiger partial charge is 0.480 e. The Morgan fingerprint density at radius 3 is 2.66 bits per heavy atom. The van der Waals surface area contributed by atoms with Crippen LogP contribution >= 0.6 is 0 Å². The van der Waals surface area contributed by atoms with Crippen LogP contribution in [0.5, 0.6) is 0 Å². The summed E-state index contributed by atoms with van der Waals surface area (Å²) in [6, 6.07) is 0.831. The number of hydrazone groups is 1. The molecule has 0 bridgehead atoms. The predicted molar refractivity (Wildman–Crippen MR) is 100 cm³/mol. The number of halogens is 3. The van der Waals surface area contributed by atoms with E-state index in [4.69, 9.17) is 0 Å². The first-order valence-electron chi connectivity index (χ1n) is 9.20. The number of aromatic nitrogens is 1. The lowest BCUT2D eigenvalue weighted by Gasteiger charge is -2.29. The molecule has 4 atom stereocenters. The Morgan fingerprint density at radius 1 is 1.45 bits per heavy atom. The van der Waals surface area contributed by atoms with Crippen LogP contribution in [0.1, 0.15) is 44.0 Å². The van der Waals surface area contributed by atoms with Gasteiger partial charge >= 0.3 is 12.1 Å². The molecule has 1 fully saturated rings. The molecule has 0 amide bonds. The number of likely N-dealkylation sites (N-methyl/N-ethyl adjacent to an activating group) is 1. The molecule has 2 heterocycles.